The fraction of sp³-hybridized carbons (Fsp3) is 0.318. The molecule has 0 saturated heterocycles. The van der Waals surface area contributed by atoms with Gasteiger partial charge in [0.25, 0.3) is 5.91 Å². The van der Waals surface area contributed by atoms with Crippen LogP contribution in [-0.2, 0) is 4.79 Å². The van der Waals surface area contributed by atoms with Gasteiger partial charge in [0.1, 0.15) is 5.75 Å². The minimum atomic E-state index is -0.291. The average Bonchev–Trinajstić information content (AvgIpc) is 3.19. The first-order chi connectivity index (χ1) is 14.4. The summed E-state index contributed by atoms with van der Waals surface area (Å²) in [5.41, 5.74) is 2.92. The highest BCUT2D eigenvalue weighted by atomic mass is 32.1. The van der Waals surface area contributed by atoms with Crippen molar-refractivity contribution in [2.75, 3.05) is 26.1 Å². The molecule has 0 spiro atoms. The van der Waals surface area contributed by atoms with E-state index in [9.17, 15) is 4.79 Å². The third kappa shape index (κ3) is 5.07. The van der Waals surface area contributed by atoms with E-state index in [2.05, 4.69) is 28.5 Å². The van der Waals surface area contributed by atoms with E-state index < -0.39 is 0 Å². The van der Waals surface area contributed by atoms with Crippen LogP contribution in [0.1, 0.15) is 30.9 Å². The van der Waals surface area contributed by atoms with Crippen molar-refractivity contribution in [2.45, 2.75) is 26.7 Å². The first kappa shape index (κ1) is 21.6. The SMILES string of the molecule is COc1ccc(-c2nsc(NC(=O)COc3cc(C)ccc3C(C)C)n2)cc1OC. The lowest BCUT2D eigenvalue weighted by Gasteiger charge is -2.14. The van der Waals surface area contributed by atoms with Crippen molar-refractivity contribution in [1.29, 1.82) is 0 Å². The summed E-state index contributed by atoms with van der Waals surface area (Å²) in [6, 6.07) is 11.4. The number of amides is 1. The standard InChI is InChI=1S/C22H25N3O4S/c1-13(2)16-8-6-14(3)10-18(16)29-12-20(26)23-22-24-21(25-30-22)15-7-9-17(27-4)19(11-15)28-5/h6-11,13H,12H2,1-5H3,(H,23,24,25,26). The quantitative estimate of drug-likeness (QED) is 0.562. The molecule has 7 nitrogen and oxygen atoms in total. The number of nitrogens with zero attached hydrogens (tertiary/aromatic N) is 2. The number of hydrogen-bond donors (Lipinski definition) is 1. The Labute approximate surface area is 180 Å². The maximum atomic E-state index is 12.3. The van der Waals surface area contributed by atoms with E-state index in [1.165, 1.54) is 0 Å². The molecule has 0 radical (unpaired) electrons. The van der Waals surface area contributed by atoms with Gasteiger partial charge in [-0.3, -0.25) is 10.1 Å². The van der Waals surface area contributed by atoms with Crippen molar-refractivity contribution in [1.82, 2.24) is 9.36 Å². The zero-order chi connectivity index (χ0) is 21.7. The van der Waals surface area contributed by atoms with Crippen LogP contribution in [-0.4, -0.2) is 36.1 Å². The molecule has 3 rings (SSSR count). The van der Waals surface area contributed by atoms with E-state index >= 15 is 0 Å². The van der Waals surface area contributed by atoms with E-state index in [0.29, 0.717) is 28.4 Å². The number of hydrogen-bond acceptors (Lipinski definition) is 7. The second kappa shape index (κ2) is 9.58. The molecule has 1 heterocycles. The van der Waals surface area contributed by atoms with Crippen LogP contribution in [0.5, 0.6) is 17.2 Å². The smallest absolute Gasteiger partial charge is 0.264 e. The summed E-state index contributed by atoms with van der Waals surface area (Å²) in [6.07, 6.45) is 0. The lowest BCUT2D eigenvalue weighted by molar-refractivity contribution is -0.118. The van der Waals surface area contributed by atoms with Gasteiger partial charge in [0.05, 0.1) is 14.2 Å². The molecule has 0 bridgehead atoms. The number of methoxy groups -OCH3 is 2. The molecule has 30 heavy (non-hydrogen) atoms. The van der Waals surface area contributed by atoms with E-state index in [4.69, 9.17) is 14.2 Å². The van der Waals surface area contributed by atoms with Gasteiger partial charge in [-0.2, -0.15) is 9.36 Å². The Balaban J connectivity index is 1.65. The van der Waals surface area contributed by atoms with Gasteiger partial charge in [0, 0.05) is 17.1 Å². The molecule has 2 aromatic carbocycles. The summed E-state index contributed by atoms with van der Waals surface area (Å²) in [7, 11) is 3.15. The Hall–Kier alpha value is -3.13. The van der Waals surface area contributed by atoms with Crippen molar-refractivity contribution in [3.05, 3.63) is 47.5 Å². The topological polar surface area (TPSA) is 82.6 Å². The molecule has 1 aromatic heterocycles. The fourth-order valence-electron chi connectivity index (χ4n) is 2.91. The molecule has 0 fully saturated rings. The van der Waals surface area contributed by atoms with Crippen LogP contribution >= 0.6 is 11.5 Å². The Morgan fingerprint density at radius 2 is 1.83 bits per heavy atom. The van der Waals surface area contributed by atoms with Crippen LogP contribution in [0.15, 0.2) is 36.4 Å². The minimum absolute atomic E-state index is 0.103. The van der Waals surface area contributed by atoms with Crippen LogP contribution < -0.4 is 19.5 Å². The number of rotatable bonds is 8. The zero-order valence-corrected chi connectivity index (χ0v) is 18.5. The average molecular weight is 428 g/mol. The van der Waals surface area contributed by atoms with Crippen molar-refractivity contribution < 1.29 is 19.0 Å². The Morgan fingerprint density at radius 3 is 2.53 bits per heavy atom. The van der Waals surface area contributed by atoms with Crippen molar-refractivity contribution in [3.63, 3.8) is 0 Å². The third-order valence-corrected chi connectivity index (χ3v) is 5.09. The van der Waals surface area contributed by atoms with Crippen LogP contribution in [0.4, 0.5) is 5.13 Å². The molecule has 0 aliphatic carbocycles. The van der Waals surface area contributed by atoms with Crippen molar-refractivity contribution in [2.24, 2.45) is 0 Å². The molecule has 8 heteroatoms. The molecular formula is C22H25N3O4S. The first-order valence-corrected chi connectivity index (χ1v) is 10.3. The number of anilines is 1. The second-order valence-corrected chi connectivity index (χ2v) is 7.78. The summed E-state index contributed by atoms with van der Waals surface area (Å²) in [4.78, 5) is 16.7. The number of aryl methyl sites for hydroxylation is 1. The molecule has 0 atom stereocenters. The molecular weight excluding hydrogens is 402 g/mol. The highest BCUT2D eigenvalue weighted by Gasteiger charge is 2.14. The largest absolute Gasteiger partial charge is 0.493 e. The number of carbonyl (C=O) groups excluding carboxylic acids is 1. The molecule has 1 amide bonds. The normalized spacial score (nSPS) is 10.7. The Bertz CT molecular complexity index is 1030. The van der Waals surface area contributed by atoms with Crippen molar-refractivity contribution in [3.8, 4) is 28.6 Å². The zero-order valence-electron chi connectivity index (χ0n) is 17.7. The highest BCUT2D eigenvalue weighted by molar-refractivity contribution is 7.10. The molecule has 0 unspecified atom stereocenters. The maximum absolute atomic E-state index is 12.3. The Morgan fingerprint density at radius 1 is 1.07 bits per heavy atom. The van der Waals surface area contributed by atoms with E-state index in [1.54, 1.807) is 26.4 Å². The first-order valence-electron chi connectivity index (χ1n) is 9.50. The van der Waals surface area contributed by atoms with E-state index in [0.717, 1.165) is 34.0 Å². The minimum Gasteiger partial charge on any atom is -0.493 e. The van der Waals surface area contributed by atoms with Crippen LogP contribution in [0.2, 0.25) is 0 Å². The van der Waals surface area contributed by atoms with Gasteiger partial charge in [0.15, 0.2) is 23.9 Å². The van der Waals surface area contributed by atoms with Gasteiger partial charge in [-0.15, -0.1) is 0 Å². The van der Waals surface area contributed by atoms with Crippen LogP contribution in [0.25, 0.3) is 11.4 Å². The van der Waals surface area contributed by atoms with Gasteiger partial charge >= 0.3 is 0 Å². The Kier molecular flexibility index (Phi) is 6.89. The summed E-state index contributed by atoms with van der Waals surface area (Å²) in [5.74, 6) is 2.44. The number of ether oxygens (including phenoxy) is 3. The molecule has 0 saturated carbocycles. The second-order valence-electron chi connectivity index (χ2n) is 7.03. The molecule has 0 aliphatic rings. The number of nitrogens with one attached hydrogen (secondary N) is 1. The van der Waals surface area contributed by atoms with E-state index in [-0.39, 0.29) is 12.5 Å². The van der Waals surface area contributed by atoms with E-state index in [1.807, 2.05) is 31.2 Å². The molecule has 158 valence electrons. The van der Waals surface area contributed by atoms with Gasteiger partial charge < -0.3 is 14.2 Å². The molecule has 3 aromatic rings. The lowest BCUT2D eigenvalue weighted by Crippen LogP contribution is -2.20. The predicted octanol–water partition coefficient (Wildman–Crippen LogP) is 4.67. The molecule has 1 N–H and O–H groups in total. The summed E-state index contributed by atoms with van der Waals surface area (Å²) < 4.78 is 20.7. The summed E-state index contributed by atoms with van der Waals surface area (Å²) >= 11 is 1.11. The monoisotopic (exact) mass is 427 g/mol. The van der Waals surface area contributed by atoms with Gasteiger partial charge in [0.2, 0.25) is 5.13 Å². The van der Waals surface area contributed by atoms with Crippen LogP contribution in [0.3, 0.4) is 0 Å². The fourth-order valence-corrected chi connectivity index (χ4v) is 3.51. The van der Waals surface area contributed by atoms with Crippen molar-refractivity contribution >= 4 is 22.6 Å². The maximum Gasteiger partial charge on any atom is 0.264 e. The van der Waals surface area contributed by atoms with Gasteiger partial charge in [-0.05, 0) is 48.2 Å². The van der Waals surface area contributed by atoms with Gasteiger partial charge in [-0.1, -0.05) is 26.0 Å². The lowest BCUT2D eigenvalue weighted by atomic mass is 10.0. The number of aromatic nitrogens is 2. The summed E-state index contributed by atoms with van der Waals surface area (Å²) in [5, 5.41) is 3.15. The van der Waals surface area contributed by atoms with Crippen LogP contribution in [0, 0.1) is 6.92 Å². The van der Waals surface area contributed by atoms with Gasteiger partial charge in [-0.25, -0.2) is 0 Å². The number of carbonyl (C=O) groups is 1. The highest BCUT2D eigenvalue weighted by Crippen LogP contribution is 2.32. The number of benzene rings is 2. The molecule has 0 aliphatic heterocycles. The summed E-state index contributed by atoms with van der Waals surface area (Å²) in [6.45, 7) is 6.07. The third-order valence-electron chi connectivity index (χ3n) is 4.46. The predicted molar refractivity (Wildman–Crippen MR) is 118 cm³/mol.